The zero-order valence-corrected chi connectivity index (χ0v) is 11.9. The van der Waals surface area contributed by atoms with E-state index in [4.69, 9.17) is 10.5 Å². The lowest BCUT2D eigenvalue weighted by Crippen LogP contribution is -2.23. The van der Waals surface area contributed by atoms with E-state index in [1.54, 1.807) is 6.92 Å². The number of esters is 1. The van der Waals surface area contributed by atoms with E-state index in [0.29, 0.717) is 6.61 Å². The molecule has 0 bridgehead atoms. The van der Waals surface area contributed by atoms with Crippen molar-refractivity contribution in [3.63, 3.8) is 0 Å². The van der Waals surface area contributed by atoms with Crippen LogP contribution in [0.15, 0.2) is 28.9 Å². The van der Waals surface area contributed by atoms with Crippen molar-refractivity contribution >= 4 is 32.8 Å². The summed E-state index contributed by atoms with van der Waals surface area (Å²) in [4.78, 5) is 11.7. The maximum Gasteiger partial charge on any atom is 0.327 e. The smallest absolute Gasteiger partial charge is 0.327 e. The molecule has 0 saturated heterocycles. The molecule has 1 heterocycles. The van der Waals surface area contributed by atoms with Crippen LogP contribution in [0.25, 0.3) is 10.9 Å². The Morgan fingerprint density at radius 3 is 2.94 bits per heavy atom. The molecule has 5 heteroatoms. The number of aryl methyl sites for hydroxylation is 1. The fourth-order valence-corrected chi connectivity index (χ4v) is 2.70. The maximum atomic E-state index is 11.7. The van der Waals surface area contributed by atoms with Crippen molar-refractivity contribution in [2.24, 2.45) is 12.8 Å². The number of nitrogens with two attached hydrogens (primary N) is 1. The Balaban J connectivity index is 2.52. The maximum absolute atomic E-state index is 11.7. The molecule has 2 N–H and O–H groups in total. The molecular weight excluding hydrogens is 296 g/mol. The minimum Gasteiger partial charge on any atom is -0.465 e. The van der Waals surface area contributed by atoms with E-state index in [1.807, 2.05) is 36.0 Å². The Morgan fingerprint density at radius 2 is 2.28 bits per heavy atom. The van der Waals surface area contributed by atoms with E-state index in [-0.39, 0.29) is 0 Å². The third-order valence-corrected chi connectivity index (χ3v) is 3.50. The van der Waals surface area contributed by atoms with Crippen LogP contribution in [0.1, 0.15) is 18.5 Å². The van der Waals surface area contributed by atoms with Crippen LogP contribution in [-0.4, -0.2) is 17.1 Å². The largest absolute Gasteiger partial charge is 0.465 e. The Labute approximate surface area is 114 Å². The summed E-state index contributed by atoms with van der Waals surface area (Å²) in [6, 6.07) is 5.09. The monoisotopic (exact) mass is 310 g/mol. The molecule has 0 aliphatic heterocycles. The van der Waals surface area contributed by atoms with Crippen molar-refractivity contribution in [2.75, 3.05) is 6.61 Å². The van der Waals surface area contributed by atoms with Crippen LogP contribution in [0.5, 0.6) is 0 Å². The average Bonchev–Trinajstić information content (AvgIpc) is 2.67. The van der Waals surface area contributed by atoms with Gasteiger partial charge in [-0.2, -0.15) is 0 Å². The normalized spacial score (nSPS) is 12.7. The first kappa shape index (κ1) is 13.1. The summed E-state index contributed by atoms with van der Waals surface area (Å²) in [5, 5.41) is 0.965. The molecule has 4 nitrogen and oxygen atoms in total. The van der Waals surface area contributed by atoms with Gasteiger partial charge < -0.3 is 15.0 Å². The summed E-state index contributed by atoms with van der Waals surface area (Å²) in [7, 11) is 1.93. The topological polar surface area (TPSA) is 57.2 Å². The van der Waals surface area contributed by atoms with E-state index in [0.717, 1.165) is 20.9 Å². The van der Waals surface area contributed by atoms with Gasteiger partial charge in [-0.15, -0.1) is 0 Å². The summed E-state index contributed by atoms with van der Waals surface area (Å²) in [5.74, 6) is -0.398. The van der Waals surface area contributed by atoms with Crippen LogP contribution in [0, 0.1) is 0 Å². The van der Waals surface area contributed by atoms with Gasteiger partial charge in [-0.3, -0.25) is 0 Å². The number of halogens is 1. The highest BCUT2D eigenvalue weighted by Gasteiger charge is 2.21. The standard InChI is InChI=1S/C13H15BrN2O2/c1-3-18-13(17)11(15)9-7-16(2)12-8(9)5-4-6-10(12)14/h4-7,11H,3,15H2,1-2H3. The minimum atomic E-state index is -0.747. The number of hydrogen-bond acceptors (Lipinski definition) is 3. The summed E-state index contributed by atoms with van der Waals surface area (Å²) in [6.07, 6.45) is 1.87. The van der Waals surface area contributed by atoms with Crippen LogP contribution < -0.4 is 5.73 Å². The van der Waals surface area contributed by atoms with Crippen LogP contribution in [0.4, 0.5) is 0 Å². The fraction of sp³-hybridized carbons (Fsp3) is 0.308. The number of hydrogen-bond donors (Lipinski definition) is 1. The Kier molecular flexibility index (Phi) is 3.73. The average molecular weight is 311 g/mol. The highest BCUT2D eigenvalue weighted by atomic mass is 79.9. The SMILES string of the molecule is CCOC(=O)C(N)c1cn(C)c2c(Br)cccc12. The number of nitrogens with zero attached hydrogens (tertiary/aromatic N) is 1. The summed E-state index contributed by atoms with van der Waals surface area (Å²) in [5.41, 5.74) is 7.76. The van der Waals surface area contributed by atoms with E-state index < -0.39 is 12.0 Å². The van der Waals surface area contributed by atoms with Crippen LogP contribution in [-0.2, 0) is 16.6 Å². The van der Waals surface area contributed by atoms with Crippen molar-refractivity contribution < 1.29 is 9.53 Å². The predicted molar refractivity (Wildman–Crippen MR) is 74.2 cm³/mol. The molecule has 0 spiro atoms. The summed E-state index contributed by atoms with van der Waals surface area (Å²) < 4.78 is 7.89. The summed E-state index contributed by atoms with van der Waals surface area (Å²) in [6.45, 7) is 2.10. The number of carbonyl (C=O) groups is 1. The van der Waals surface area contributed by atoms with Gasteiger partial charge in [0.25, 0.3) is 0 Å². The number of para-hydroxylation sites is 1. The van der Waals surface area contributed by atoms with Gasteiger partial charge in [-0.1, -0.05) is 12.1 Å². The lowest BCUT2D eigenvalue weighted by Gasteiger charge is -2.09. The molecule has 0 aliphatic carbocycles. The van der Waals surface area contributed by atoms with Gasteiger partial charge in [0.2, 0.25) is 0 Å². The molecule has 0 aliphatic rings. The van der Waals surface area contributed by atoms with Gasteiger partial charge in [-0.25, -0.2) is 4.79 Å². The highest BCUT2D eigenvalue weighted by molar-refractivity contribution is 9.10. The molecular formula is C13H15BrN2O2. The van der Waals surface area contributed by atoms with Crippen molar-refractivity contribution in [1.29, 1.82) is 0 Å². The number of fused-ring (bicyclic) bond motifs is 1. The van der Waals surface area contributed by atoms with Crippen LogP contribution >= 0.6 is 15.9 Å². The van der Waals surface area contributed by atoms with Crippen molar-refractivity contribution in [2.45, 2.75) is 13.0 Å². The molecule has 1 atom stereocenters. The number of aromatic nitrogens is 1. The Hall–Kier alpha value is -1.33. The van der Waals surface area contributed by atoms with Gasteiger partial charge in [0, 0.05) is 28.7 Å². The Morgan fingerprint density at radius 1 is 1.56 bits per heavy atom. The van der Waals surface area contributed by atoms with Crippen molar-refractivity contribution in [3.05, 3.63) is 34.4 Å². The number of benzene rings is 1. The second kappa shape index (κ2) is 5.12. The van der Waals surface area contributed by atoms with Crippen molar-refractivity contribution in [3.8, 4) is 0 Å². The summed E-state index contributed by atoms with van der Waals surface area (Å²) >= 11 is 3.50. The van der Waals surface area contributed by atoms with E-state index in [2.05, 4.69) is 15.9 Å². The van der Waals surface area contributed by atoms with Gasteiger partial charge in [-0.05, 0) is 28.9 Å². The fourth-order valence-electron chi connectivity index (χ4n) is 2.06. The number of rotatable bonds is 3. The van der Waals surface area contributed by atoms with Crippen LogP contribution in [0.2, 0.25) is 0 Å². The zero-order chi connectivity index (χ0) is 13.3. The Bertz CT molecular complexity index is 592. The number of carbonyl (C=O) groups excluding carboxylic acids is 1. The zero-order valence-electron chi connectivity index (χ0n) is 10.3. The van der Waals surface area contributed by atoms with Gasteiger partial charge in [0.1, 0.15) is 6.04 Å². The van der Waals surface area contributed by atoms with E-state index in [9.17, 15) is 4.79 Å². The second-order valence-corrected chi connectivity index (χ2v) is 4.92. The van der Waals surface area contributed by atoms with Gasteiger partial charge in [0.05, 0.1) is 12.1 Å². The van der Waals surface area contributed by atoms with Gasteiger partial charge >= 0.3 is 5.97 Å². The molecule has 0 amide bonds. The molecule has 2 rings (SSSR count). The first-order valence-electron chi connectivity index (χ1n) is 5.72. The third-order valence-electron chi connectivity index (χ3n) is 2.86. The molecule has 0 radical (unpaired) electrons. The molecule has 1 aromatic heterocycles. The second-order valence-electron chi connectivity index (χ2n) is 4.06. The van der Waals surface area contributed by atoms with E-state index >= 15 is 0 Å². The molecule has 1 unspecified atom stereocenters. The quantitative estimate of drug-likeness (QED) is 0.886. The van der Waals surface area contributed by atoms with Crippen LogP contribution in [0.3, 0.4) is 0 Å². The molecule has 2 aromatic rings. The minimum absolute atomic E-state index is 0.334. The lowest BCUT2D eigenvalue weighted by molar-refractivity contribution is -0.144. The molecule has 18 heavy (non-hydrogen) atoms. The van der Waals surface area contributed by atoms with Gasteiger partial charge in [0.15, 0.2) is 0 Å². The number of ether oxygens (including phenoxy) is 1. The first-order chi connectivity index (χ1) is 8.56. The lowest BCUT2D eigenvalue weighted by atomic mass is 10.1. The molecule has 96 valence electrons. The molecule has 0 fully saturated rings. The molecule has 1 aromatic carbocycles. The third kappa shape index (κ3) is 2.15. The van der Waals surface area contributed by atoms with E-state index in [1.165, 1.54) is 0 Å². The van der Waals surface area contributed by atoms with Crippen molar-refractivity contribution in [1.82, 2.24) is 4.57 Å². The highest BCUT2D eigenvalue weighted by Crippen LogP contribution is 2.30. The predicted octanol–water partition coefficient (Wildman–Crippen LogP) is 2.50. The first-order valence-corrected chi connectivity index (χ1v) is 6.51. The molecule has 0 saturated carbocycles.